The lowest BCUT2D eigenvalue weighted by molar-refractivity contribution is -0.136. The molecule has 1 N–H and O–H groups in total. The molecule has 182 valence electrons. The van der Waals surface area contributed by atoms with E-state index in [4.69, 9.17) is 0 Å². The van der Waals surface area contributed by atoms with Crippen LogP contribution in [-0.4, -0.2) is 52.5 Å². The summed E-state index contributed by atoms with van der Waals surface area (Å²) in [4.78, 5) is 31.6. The van der Waals surface area contributed by atoms with Crippen LogP contribution in [0.15, 0.2) is 78.2 Å². The number of piperidine rings is 1. The summed E-state index contributed by atoms with van der Waals surface area (Å²) in [6.07, 6.45) is 4.03. The lowest BCUT2D eigenvalue weighted by Gasteiger charge is -2.47. The fraction of sp³-hybridized carbons (Fsp3) is 0.379. The average Bonchev–Trinajstić information content (AvgIpc) is 3.51. The second-order valence-electron chi connectivity index (χ2n) is 9.77. The fourth-order valence-electron chi connectivity index (χ4n) is 5.63. The molecule has 2 amide bonds. The predicted octanol–water partition coefficient (Wildman–Crippen LogP) is 4.74. The number of carbonyl (C=O) groups excluding carboxylic acids is 2. The number of amides is 2. The normalized spacial score (nSPS) is 20.4. The first-order valence-electron chi connectivity index (χ1n) is 12.6. The molecule has 2 fully saturated rings. The minimum absolute atomic E-state index is 0.101. The third-order valence-corrected chi connectivity index (χ3v) is 8.32. The maximum absolute atomic E-state index is 13.8. The van der Waals surface area contributed by atoms with Gasteiger partial charge in [0.1, 0.15) is 0 Å². The van der Waals surface area contributed by atoms with Gasteiger partial charge in [-0.05, 0) is 48.8 Å². The molecule has 2 aromatic carbocycles. The van der Waals surface area contributed by atoms with E-state index in [2.05, 4.69) is 53.5 Å². The van der Waals surface area contributed by atoms with Crippen LogP contribution in [0.5, 0.6) is 0 Å². The standard InChI is InChI=1S/C29H33N3O2S/c1-22(14-15-23-9-4-2-5-10-23)32-27(33)25(21-24-11-6-3-7-12-24)30-29(32)16-18-31(19-17-29)28(34)26-13-8-20-35-26/h2-13,20,22,25,30H,14-19,21H2,1H3/t22-,25+/m1/s1. The van der Waals surface area contributed by atoms with Gasteiger partial charge in [0.05, 0.1) is 16.6 Å². The number of aryl methyl sites for hydroxylation is 1. The van der Waals surface area contributed by atoms with Gasteiger partial charge >= 0.3 is 0 Å². The van der Waals surface area contributed by atoms with Crippen molar-refractivity contribution in [2.45, 2.75) is 56.8 Å². The van der Waals surface area contributed by atoms with Gasteiger partial charge in [0.15, 0.2) is 0 Å². The molecule has 2 aliphatic rings. The first-order valence-corrected chi connectivity index (χ1v) is 13.5. The number of nitrogens with one attached hydrogen (secondary N) is 1. The zero-order valence-electron chi connectivity index (χ0n) is 20.2. The van der Waals surface area contributed by atoms with E-state index in [1.165, 1.54) is 16.9 Å². The van der Waals surface area contributed by atoms with Crippen LogP contribution < -0.4 is 5.32 Å². The third-order valence-electron chi connectivity index (χ3n) is 7.47. The largest absolute Gasteiger partial charge is 0.338 e. The van der Waals surface area contributed by atoms with Crippen LogP contribution in [0.2, 0.25) is 0 Å². The highest BCUT2D eigenvalue weighted by Crippen LogP contribution is 2.36. The number of rotatable bonds is 7. The molecule has 35 heavy (non-hydrogen) atoms. The van der Waals surface area contributed by atoms with Gasteiger partial charge in [0.25, 0.3) is 5.91 Å². The number of likely N-dealkylation sites (tertiary alicyclic amines) is 1. The van der Waals surface area contributed by atoms with Crippen molar-refractivity contribution in [2.24, 2.45) is 0 Å². The Hall–Kier alpha value is -2.96. The summed E-state index contributed by atoms with van der Waals surface area (Å²) in [7, 11) is 0. The Morgan fingerprint density at radius 1 is 1.00 bits per heavy atom. The number of hydrogen-bond acceptors (Lipinski definition) is 4. The molecule has 2 aliphatic heterocycles. The molecule has 0 unspecified atom stereocenters. The van der Waals surface area contributed by atoms with Gasteiger partial charge in [-0.25, -0.2) is 0 Å². The smallest absolute Gasteiger partial charge is 0.263 e. The van der Waals surface area contributed by atoms with Crippen LogP contribution in [0, 0.1) is 0 Å². The van der Waals surface area contributed by atoms with Crippen LogP contribution in [-0.2, 0) is 17.6 Å². The highest BCUT2D eigenvalue weighted by Gasteiger charge is 2.53. The number of thiophene rings is 1. The van der Waals surface area contributed by atoms with Gasteiger partial charge < -0.3 is 9.80 Å². The monoisotopic (exact) mass is 487 g/mol. The summed E-state index contributed by atoms with van der Waals surface area (Å²) < 4.78 is 0. The quantitative estimate of drug-likeness (QED) is 0.524. The topological polar surface area (TPSA) is 52.7 Å². The number of hydrogen-bond donors (Lipinski definition) is 1. The first kappa shape index (κ1) is 23.8. The highest BCUT2D eigenvalue weighted by atomic mass is 32.1. The van der Waals surface area contributed by atoms with E-state index in [1.807, 2.05) is 46.7 Å². The van der Waals surface area contributed by atoms with Gasteiger partial charge in [0, 0.05) is 32.0 Å². The Bertz CT molecular complexity index is 1130. The molecule has 1 spiro atoms. The zero-order chi connectivity index (χ0) is 24.3. The van der Waals surface area contributed by atoms with Crippen molar-refractivity contribution >= 4 is 23.2 Å². The molecule has 5 nitrogen and oxygen atoms in total. The third kappa shape index (κ3) is 5.04. The summed E-state index contributed by atoms with van der Waals surface area (Å²) in [6, 6.07) is 24.4. The van der Waals surface area contributed by atoms with Gasteiger partial charge in [-0.3, -0.25) is 14.9 Å². The molecule has 0 radical (unpaired) electrons. The molecule has 2 atom stereocenters. The van der Waals surface area contributed by atoms with Crippen molar-refractivity contribution in [1.29, 1.82) is 0 Å². The fourth-order valence-corrected chi connectivity index (χ4v) is 6.32. The Morgan fingerprint density at radius 2 is 1.66 bits per heavy atom. The van der Waals surface area contributed by atoms with Crippen LogP contribution in [0.1, 0.15) is 47.0 Å². The molecule has 0 bridgehead atoms. The van der Waals surface area contributed by atoms with Gasteiger partial charge in [-0.15, -0.1) is 11.3 Å². The highest BCUT2D eigenvalue weighted by molar-refractivity contribution is 7.12. The summed E-state index contributed by atoms with van der Waals surface area (Å²) in [5, 5.41) is 5.71. The molecule has 3 heterocycles. The van der Waals surface area contributed by atoms with Crippen molar-refractivity contribution in [3.05, 3.63) is 94.2 Å². The molecule has 0 saturated carbocycles. The Morgan fingerprint density at radius 3 is 2.29 bits per heavy atom. The maximum Gasteiger partial charge on any atom is 0.263 e. The van der Waals surface area contributed by atoms with Crippen LogP contribution in [0.25, 0.3) is 0 Å². The van der Waals surface area contributed by atoms with Crippen molar-refractivity contribution in [3.8, 4) is 0 Å². The Balaban J connectivity index is 1.34. The van der Waals surface area contributed by atoms with Crippen molar-refractivity contribution in [1.82, 2.24) is 15.1 Å². The first-order chi connectivity index (χ1) is 17.1. The summed E-state index contributed by atoms with van der Waals surface area (Å²) >= 11 is 1.49. The Labute approximate surface area is 211 Å². The van der Waals surface area contributed by atoms with E-state index in [1.54, 1.807) is 0 Å². The second kappa shape index (κ2) is 10.3. The van der Waals surface area contributed by atoms with E-state index >= 15 is 0 Å². The summed E-state index contributed by atoms with van der Waals surface area (Å²) in [5.74, 6) is 0.288. The minimum Gasteiger partial charge on any atom is -0.338 e. The molecule has 5 rings (SSSR count). The van der Waals surface area contributed by atoms with Crippen molar-refractivity contribution < 1.29 is 9.59 Å². The molecular weight excluding hydrogens is 454 g/mol. The van der Waals surface area contributed by atoms with E-state index < -0.39 is 5.66 Å². The molecule has 3 aromatic rings. The predicted molar refractivity (Wildman–Crippen MR) is 140 cm³/mol. The summed E-state index contributed by atoms with van der Waals surface area (Å²) in [5.41, 5.74) is 2.06. The van der Waals surface area contributed by atoms with E-state index in [0.717, 1.165) is 36.1 Å². The van der Waals surface area contributed by atoms with Crippen molar-refractivity contribution in [3.63, 3.8) is 0 Å². The van der Waals surface area contributed by atoms with Crippen molar-refractivity contribution in [2.75, 3.05) is 13.1 Å². The number of benzene rings is 2. The lowest BCUT2D eigenvalue weighted by Crippen LogP contribution is -2.61. The van der Waals surface area contributed by atoms with E-state index in [-0.39, 0.29) is 23.9 Å². The summed E-state index contributed by atoms with van der Waals surface area (Å²) in [6.45, 7) is 3.48. The molecular formula is C29H33N3O2S. The SMILES string of the molecule is C[C@H](CCc1ccccc1)N1C(=O)[C@H](Cc2ccccc2)NC12CCN(C(=O)c1cccs1)CC2. The van der Waals surface area contributed by atoms with E-state index in [0.29, 0.717) is 19.5 Å². The molecule has 1 aromatic heterocycles. The van der Waals surface area contributed by atoms with Crippen LogP contribution in [0.4, 0.5) is 0 Å². The molecule has 2 saturated heterocycles. The Kier molecular flexibility index (Phi) is 7.02. The van der Waals surface area contributed by atoms with Crippen LogP contribution >= 0.6 is 11.3 Å². The number of carbonyl (C=O) groups is 2. The van der Waals surface area contributed by atoms with Gasteiger partial charge in [-0.1, -0.05) is 66.7 Å². The second-order valence-corrected chi connectivity index (χ2v) is 10.7. The lowest BCUT2D eigenvalue weighted by atomic mass is 9.93. The molecule has 6 heteroatoms. The minimum atomic E-state index is -0.404. The van der Waals surface area contributed by atoms with Gasteiger partial charge in [0.2, 0.25) is 5.91 Å². The van der Waals surface area contributed by atoms with Gasteiger partial charge in [-0.2, -0.15) is 0 Å². The maximum atomic E-state index is 13.8. The number of nitrogens with zero attached hydrogens (tertiary/aromatic N) is 2. The zero-order valence-corrected chi connectivity index (χ0v) is 21.0. The molecule has 0 aliphatic carbocycles. The van der Waals surface area contributed by atoms with E-state index in [9.17, 15) is 9.59 Å². The average molecular weight is 488 g/mol. The van der Waals surface area contributed by atoms with Crippen LogP contribution in [0.3, 0.4) is 0 Å².